The van der Waals surface area contributed by atoms with E-state index in [0.717, 1.165) is 11.1 Å². The fraction of sp³-hybridized carbons (Fsp3) is 0.147. The molecule has 3 heterocycles. The Morgan fingerprint density at radius 3 is 2.50 bits per heavy atom. The maximum Gasteiger partial charge on any atom is 0.238 e. The van der Waals surface area contributed by atoms with E-state index in [1.165, 1.54) is 13.2 Å². The number of fused-ring (bicyclic) bond motifs is 6. The van der Waals surface area contributed by atoms with Crippen LogP contribution in [-0.4, -0.2) is 35.5 Å². The molecule has 0 saturated carbocycles. The molecule has 0 aliphatic carbocycles. The molecule has 1 amide bonds. The van der Waals surface area contributed by atoms with Crippen LogP contribution >= 0.6 is 23.2 Å². The second kappa shape index (κ2) is 9.86. The molecule has 6 nitrogen and oxygen atoms in total. The van der Waals surface area contributed by atoms with E-state index in [2.05, 4.69) is 5.32 Å². The average Bonchev–Trinajstić information content (AvgIpc) is 3.48. The van der Waals surface area contributed by atoms with Crippen LogP contribution in [0.2, 0.25) is 10.0 Å². The standard InChI is InChI=1S/C34H24Cl2N2O4/c1-42-22-9-6-8-20(17-22)30(39)29-28(31(40)24-14-13-21(35)18-26(24)36)34(25-11-4-5-12-27(25)37-33(34)41)32-23-10-3-2-7-19(23)15-16-38(29)32/h2-18,28-29,32H,1H3,(H,37,41)/t28-,29-,32+,34-/m0/s1. The molecule has 1 spiro atoms. The maximum absolute atomic E-state index is 14.9. The number of benzene rings is 4. The third-order valence-corrected chi connectivity index (χ3v) is 9.22. The second-order valence-corrected chi connectivity index (χ2v) is 11.5. The van der Waals surface area contributed by atoms with E-state index >= 15 is 0 Å². The molecule has 1 N–H and O–H groups in total. The van der Waals surface area contributed by atoms with Crippen molar-refractivity contribution in [2.45, 2.75) is 17.5 Å². The van der Waals surface area contributed by atoms with Crippen molar-refractivity contribution in [2.24, 2.45) is 5.92 Å². The Morgan fingerprint density at radius 1 is 0.905 bits per heavy atom. The predicted octanol–water partition coefficient (Wildman–Crippen LogP) is 6.98. The van der Waals surface area contributed by atoms with Crippen molar-refractivity contribution in [1.29, 1.82) is 0 Å². The summed E-state index contributed by atoms with van der Waals surface area (Å²) in [5, 5.41) is 3.57. The molecule has 8 heteroatoms. The van der Waals surface area contributed by atoms with Gasteiger partial charge in [-0.15, -0.1) is 0 Å². The fourth-order valence-electron chi connectivity index (χ4n) is 6.97. The smallest absolute Gasteiger partial charge is 0.238 e. The lowest BCUT2D eigenvalue weighted by Crippen LogP contribution is -2.49. The summed E-state index contributed by atoms with van der Waals surface area (Å²) in [6.45, 7) is 0. The number of rotatable bonds is 5. The highest BCUT2D eigenvalue weighted by Gasteiger charge is 2.70. The topological polar surface area (TPSA) is 75.7 Å². The average molecular weight is 595 g/mol. The summed E-state index contributed by atoms with van der Waals surface area (Å²) >= 11 is 12.8. The van der Waals surface area contributed by atoms with Crippen molar-refractivity contribution in [1.82, 2.24) is 4.90 Å². The molecular weight excluding hydrogens is 571 g/mol. The highest BCUT2D eigenvalue weighted by molar-refractivity contribution is 6.37. The van der Waals surface area contributed by atoms with Crippen LogP contribution in [0.15, 0.2) is 97.2 Å². The minimum atomic E-state index is -1.45. The monoisotopic (exact) mass is 594 g/mol. The minimum Gasteiger partial charge on any atom is -0.497 e. The Morgan fingerprint density at radius 2 is 1.69 bits per heavy atom. The van der Waals surface area contributed by atoms with E-state index in [-0.39, 0.29) is 22.3 Å². The van der Waals surface area contributed by atoms with E-state index in [4.69, 9.17) is 27.9 Å². The van der Waals surface area contributed by atoms with Crippen LogP contribution in [0.25, 0.3) is 6.08 Å². The number of amides is 1. The van der Waals surface area contributed by atoms with E-state index in [1.54, 1.807) is 36.4 Å². The van der Waals surface area contributed by atoms with Crippen molar-refractivity contribution < 1.29 is 19.1 Å². The zero-order valence-electron chi connectivity index (χ0n) is 22.4. The van der Waals surface area contributed by atoms with Gasteiger partial charge < -0.3 is 15.0 Å². The molecule has 1 saturated heterocycles. The zero-order chi connectivity index (χ0) is 29.2. The van der Waals surface area contributed by atoms with Gasteiger partial charge in [0.1, 0.15) is 17.2 Å². The molecule has 208 valence electrons. The Bertz CT molecular complexity index is 1840. The summed E-state index contributed by atoms with van der Waals surface area (Å²) < 4.78 is 5.41. The minimum absolute atomic E-state index is 0.155. The van der Waals surface area contributed by atoms with Crippen molar-refractivity contribution in [2.75, 3.05) is 12.4 Å². The molecule has 3 aliphatic rings. The highest BCUT2D eigenvalue weighted by Crippen LogP contribution is 2.62. The molecule has 7 rings (SSSR count). The van der Waals surface area contributed by atoms with Gasteiger partial charge in [0.15, 0.2) is 11.6 Å². The largest absolute Gasteiger partial charge is 0.497 e. The fourth-order valence-corrected chi connectivity index (χ4v) is 7.47. The molecule has 0 aromatic heterocycles. The van der Waals surface area contributed by atoms with Crippen LogP contribution in [-0.2, 0) is 10.2 Å². The molecule has 0 unspecified atom stereocenters. The number of halogens is 2. The first-order valence-electron chi connectivity index (χ1n) is 13.5. The third-order valence-electron chi connectivity index (χ3n) is 8.67. The summed E-state index contributed by atoms with van der Waals surface area (Å²) in [7, 11) is 1.53. The lowest BCUT2D eigenvalue weighted by molar-refractivity contribution is -0.122. The molecule has 0 radical (unpaired) electrons. The van der Waals surface area contributed by atoms with Gasteiger partial charge >= 0.3 is 0 Å². The molecule has 4 atom stereocenters. The first-order chi connectivity index (χ1) is 20.4. The van der Waals surface area contributed by atoms with Crippen molar-refractivity contribution in [3.05, 3.63) is 135 Å². The molecule has 3 aliphatic heterocycles. The number of Topliss-reactive ketones (excluding diaryl/α,β-unsaturated/α-hetero) is 2. The van der Waals surface area contributed by atoms with Gasteiger partial charge in [-0.2, -0.15) is 0 Å². The third kappa shape index (κ3) is 3.68. The van der Waals surface area contributed by atoms with Crippen LogP contribution in [0, 0.1) is 5.92 Å². The van der Waals surface area contributed by atoms with Crippen molar-refractivity contribution in [3.63, 3.8) is 0 Å². The number of hydrogen-bond donors (Lipinski definition) is 1. The normalized spacial score (nSPS) is 23.3. The lowest BCUT2D eigenvalue weighted by atomic mass is 9.62. The van der Waals surface area contributed by atoms with Gasteiger partial charge in [0.05, 0.1) is 24.1 Å². The van der Waals surface area contributed by atoms with Crippen molar-refractivity contribution >= 4 is 52.4 Å². The number of methoxy groups -OCH3 is 1. The summed E-state index contributed by atoms with van der Waals surface area (Å²) in [6, 6.07) is 25.0. The summed E-state index contributed by atoms with van der Waals surface area (Å²) in [5.41, 5.74) is 2.17. The SMILES string of the molecule is COc1cccc(C(=O)[C@@H]2[C@@H](C(=O)c3ccc(Cl)cc3Cl)[C@]3(C(=O)Nc4ccccc43)[C@H]3c4ccccc4C=CN23)c1. The number of carbonyl (C=O) groups is 3. The Hall–Kier alpha value is -4.39. The maximum atomic E-state index is 14.9. The Labute approximate surface area is 252 Å². The van der Waals surface area contributed by atoms with Gasteiger partial charge in [-0.25, -0.2) is 0 Å². The van der Waals surface area contributed by atoms with Gasteiger partial charge in [0.25, 0.3) is 0 Å². The lowest BCUT2D eigenvalue weighted by Gasteiger charge is -2.38. The number of ketones is 2. The summed E-state index contributed by atoms with van der Waals surface area (Å²) in [6.07, 6.45) is 3.76. The Balaban J connectivity index is 1.54. The quantitative estimate of drug-likeness (QED) is 0.252. The first-order valence-corrected chi connectivity index (χ1v) is 14.2. The van der Waals surface area contributed by atoms with Gasteiger partial charge in [-0.1, -0.05) is 77.8 Å². The van der Waals surface area contributed by atoms with Crippen LogP contribution < -0.4 is 10.1 Å². The van der Waals surface area contributed by atoms with Crippen molar-refractivity contribution in [3.8, 4) is 5.75 Å². The number of carbonyl (C=O) groups excluding carboxylic acids is 3. The zero-order valence-corrected chi connectivity index (χ0v) is 23.9. The van der Waals surface area contributed by atoms with Gasteiger partial charge in [0, 0.05) is 28.0 Å². The Kier molecular flexibility index (Phi) is 6.22. The predicted molar refractivity (Wildman–Crippen MR) is 162 cm³/mol. The number of nitrogens with one attached hydrogen (secondary N) is 1. The molecule has 1 fully saturated rings. The van der Waals surface area contributed by atoms with Crippen LogP contribution in [0.5, 0.6) is 5.75 Å². The van der Waals surface area contributed by atoms with Crippen LogP contribution in [0.4, 0.5) is 5.69 Å². The molecule has 4 aromatic carbocycles. The van der Waals surface area contributed by atoms with Crippen LogP contribution in [0.1, 0.15) is 43.4 Å². The van der Waals surface area contributed by atoms with E-state index in [9.17, 15) is 14.4 Å². The molecule has 4 aromatic rings. The van der Waals surface area contributed by atoms with Gasteiger partial charge in [0.2, 0.25) is 5.91 Å². The number of ether oxygens (including phenoxy) is 1. The number of hydrogen-bond acceptors (Lipinski definition) is 5. The molecule has 0 bridgehead atoms. The van der Waals surface area contributed by atoms with E-state index in [0.29, 0.717) is 27.6 Å². The second-order valence-electron chi connectivity index (χ2n) is 10.7. The molecule has 42 heavy (non-hydrogen) atoms. The van der Waals surface area contributed by atoms with Gasteiger partial charge in [-0.05, 0) is 59.2 Å². The number of anilines is 1. The highest BCUT2D eigenvalue weighted by atomic mass is 35.5. The number of para-hydroxylation sites is 1. The van der Waals surface area contributed by atoms with Crippen LogP contribution in [0.3, 0.4) is 0 Å². The summed E-state index contributed by atoms with van der Waals surface area (Å²) in [5.74, 6) is -1.68. The van der Waals surface area contributed by atoms with E-state index < -0.39 is 29.2 Å². The van der Waals surface area contributed by atoms with Gasteiger partial charge in [-0.3, -0.25) is 14.4 Å². The molecular formula is C34H24Cl2N2O4. The first kappa shape index (κ1) is 26.5. The van der Waals surface area contributed by atoms with E-state index in [1.807, 2.05) is 65.7 Å². The number of nitrogens with zero attached hydrogens (tertiary/aromatic N) is 1. The summed E-state index contributed by atoms with van der Waals surface area (Å²) in [4.78, 5) is 45.9.